The molecule has 0 unspecified atom stereocenters. The molecule has 23 rings (SSSR count). The summed E-state index contributed by atoms with van der Waals surface area (Å²) in [6.45, 7) is 10.3. The Hall–Kier alpha value is -13.3. The molecule has 14 aromatic heterocycles. The van der Waals surface area contributed by atoms with Crippen molar-refractivity contribution in [3.8, 4) is 63.0 Å². The Kier molecular flexibility index (Phi) is 18.7. The quantitative estimate of drug-likeness (QED) is 0.153. The van der Waals surface area contributed by atoms with Crippen LogP contribution in [0.15, 0.2) is 292 Å². The molecule has 0 spiro atoms. The summed E-state index contributed by atoms with van der Waals surface area (Å²) in [5.74, 6) is 4.17. The molecule has 0 bridgehead atoms. The molecule has 15 nitrogen and oxygen atoms in total. The van der Waals surface area contributed by atoms with E-state index in [1.807, 2.05) is 93.7 Å². The number of aromatic nitrogens is 15. The van der Waals surface area contributed by atoms with Gasteiger partial charge < -0.3 is 4.57 Å². The normalized spacial score (nSPS) is 11.4. The van der Waals surface area contributed by atoms with Crippen LogP contribution < -0.4 is 0 Å². The Morgan fingerprint density at radius 1 is 0.248 bits per heavy atom. The molecule has 0 atom stereocenters. The van der Waals surface area contributed by atoms with Crippen LogP contribution in [0.1, 0.15) is 28.3 Å². The van der Waals surface area contributed by atoms with Crippen LogP contribution in [0.3, 0.4) is 0 Å². The lowest BCUT2D eigenvalue weighted by molar-refractivity contribution is 1.08. The number of benzene rings is 9. The van der Waals surface area contributed by atoms with Crippen LogP contribution in [0.25, 0.3) is 186 Å². The molecule has 0 aliphatic carbocycles. The van der Waals surface area contributed by atoms with E-state index in [2.05, 4.69) is 245 Å². The lowest BCUT2D eigenvalue weighted by atomic mass is 10.1. The first kappa shape index (κ1) is 70.1. The number of pyridine rings is 2. The number of para-hydroxylation sites is 2. The van der Waals surface area contributed by atoms with Gasteiger partial charge >= 0.3 is 0 Å². The summed E-state index contributed by atoms with van der Waals surface area (Å²) in [5, 5.41) is 8.42. The zero-order valence-corrected chi connectivity index (χ0v) is 65.5. The molecule has 0 radical (unpaired) electrons. The van der Waals surface area contributed by atoms with E-state index in [0.29, 0.717) is 17.5 Å². The second-order valence-corrected chi connectivity index (χ2v) is 32.2. The van der Waals surface area contributed by atoms with E-state index in [1.165, 1.54) is 81.8 Å². The Balaban J connectivity index is 0.0000000967. The van der Waals surface area contributed by atoms with Crippen molar-refractivity contribution in [3.05, 3.63) is 320 Å². The summed E-state index contributed by atoms with van der Waals surface area (Å²) in [6, 6.07) is 87.1. The van der Waals surface area contributed by atoms with E-state index < -0.39 is 0 Å². The Bertz CT molecular complexity index is 6890. The van der Waals surface area contributed by atoms with Gasteiger partial charge in [0.25, 0.3) is 0 Å². The van der Waals surface area contributed by atoms with E-state index in [-0.39, 0.29) is 0 Å². The fraction of sp³-hybridized carbons (Fsp3) is 0.0538. The van der Waals surface area contributed by atoms with Gasteiger partial charge in [0.1, 0.15) is 5.69 Å². The molecule has 540 valence electrons. The van der Waals surface area contributed by atoms with Crippen LogP contribution in [-0.2, 0) is 0 Å². The van der Waals surface area contributed by atoms with Crippen molar-refractivity contribution in [3.63, 3.8) is 0 Å². The summed E-state index contributed by atoms with van der Waals surface area (Å²) in [7, 11) is 0. The molecule has 0 amide bonds. The molecular weight excluding hydrogens is 1490 g/mol. The summed E-state index contributed by atoms with van der Waals surface area (Å²) in [6.07, 6.45) is 10.7. The van der Waals surface area contributed by atoms with E-state index in [4.69, 9.17) is 24.9 Å². The summed E-state index contributed by atoms with van der Waals surface area (Å²) < 4.78 is 14.4. The van der Waals surface area contributed by atoms with Gasteiger partial charge in [0.15, 0.2) is 34.9 Å². The first-order chi connectivity index (χ1) is 55.6. The van der Waals surface area contributed by atoms with Gasteiger partial charge in [-0.05, 0) is 131 Å². The predicted octanol–water partition coefficient (Wildman–Crippen LogP) is 24.8. The third-order valence-corrected chi connectivity index (χ3v) is 25.9. The lowest BCUT2D eigenvalue weighted by Crippen LogP contribution is -1.96. The Morgan fingerprint density at radius 3 is 1.24 bits per heavy atom. The van der Waals surface area contributed by atoms with Crippen LogP contribution in [-0.4, -0.2) is 74.3 Å². The fourth-order valence-electron chi connectivity index (χ4n) is 14.2. The predicted molar refractivity (Wildman–Crippen MR) is 471 cm³/mol. The van der Waals surface area contributed by atoms with Gasteiger partial charge in [0.2, 0.25) is 0 Å². The summed E-state index contributed by atoms with van der Waals surface area (Å²) in [5.41, 5.74) is 18.0. The molecule has 0 saturated heterocycles. The highest BCUT2D eigenvalue weighted by Crippen LogP contribution is 2.42. The minimum absolute atomic E-state index is 0.563. The molecule has 0 aliphatic heterocycles. The second kappa shape index (κ2) is 30.2. The van der Waals surface area contributed by atoms with Gasteiger partial charge in [-0.15, -0.1) is 56.7 Å². The number of fused-ring (bicyclic) bond motifs is 18. The van der Waals surface area contributed by atoms with Crippen LogP contribution in [0, 0.1) is 34.6 Å². The van der Waals surface area contributed by atoms with Crippen molar-refractivity contribution >= 4 is 180 Å². The number of hydrogen-bond acceptors (Lipinski definition) is 19. The zero-order valence-electron chi connectivity index (χ0n) is 61.5. The highest BCUT2D eigenvalue weighted by atomic mass is 32.1. The van der Waals surface area contributed by atoms with E-state index >= 15 is 0 Å². The topological polar surface area (TPSA) is 185 Å². The third-order valence-electron chi connectivity index (χ3n) is 19.6. The van der Waals surface area contributed by atoms with Gasteiger partial charge in [-0.3, -0.25) is 9.97 Å². The standard InChI is InChI=1S/C29H19N3S.C17H12N2S.2C16H11N3S.C15H10N4S/c1-18-8-7-12-22-27-26(33-28(18)22)17-30-29(31-27)19-14-15-25-23(16-19)21-11-5-6-13-24(21)32(25)20-9-3-2-4-10-20;1-11-16-15(13-9-5-6-10-14(13)20-16)19-17(18-11)12-7-3-2-4-8-12;1-10-15-14(11-6-2-3-8-13(11)20-15)19-16(18-10)12-7-4-5-9-17-12;1-10-15-14(12-4-2-3-5-13(12)20-15)19-16(18-10)11-6-8-17-9-7-11;1-9-13-12(10-5-2-3-6-11(10)20-13)19-15(18-9)14-16-7-4-8-17-14/h2-17H,1H3;2-10H,1H3;2*2-9H,1H3;2-8H,1H3. The maximum absolute atomic E-state index is 5.02. The lowest BCUT2D eigenvalue weighted by Gasteiger charge is -2.07. The van der Waals surface area contributed by atoms with Crippen molar-refractivity contribution < 1.29 is 0 Å². The SMILES string of the molecule is Cc1cccc2c1sc1cnc(-c3ccc4c(c3)c3ccccc3n4-c3ccccc3)nc12.Cc1nc(-c2ccccc2)nc2c1sc1ccccc12.Cc1nc(-c2ccccn2)nc2c1sc1ccccc12.Cc1nc(-c2ccncc2)nc2c1sc1ccccc12.Cc1nc(-c2ncccn2)nc2c1sc1ccccc12. The van der Waals surface area contributed by atoms with Crippen LogP contribution in [0.2, 0.25) is 0 Å². The number of rotatable bonds is 6. The minimum atomic E-state index is 0.563. The highest BCUT2D eigenvalue weighted by molar-refractivity contribution is 7.27. The fourth-order valence-corrected chi connectivity index (χ4v) is 19.6. The molecule has 0 aliphatic rings. The van der Waals surface area contributed by atoms with Gasteiger partial charge in [0, 0.05) is 121 Å². The average Bonchev–Trinajstić information content (AvgIpc) is 1.60. The van der Waals surface area contributed by atoms with E-state index in [1.54, 1.807) is 93.7 Å². The van der Waals surface area contributed by atoms with Crippen LogP contribution >= 0.6 is 56.7 Å². The van der Waals surface area contributed by atoms with Gasteiger partial charge in [-0.1, -0.05) is 164 Å². The van der Waals surface area contributed by atoms with Crippen molar-refractivity contribution in [2.45, 2.75) is 34.6 Å². The molecule has 20 heteroatoms. The van der Waals surface area contributed by atoms with Crippen LogP contribution in [0.4, 0.5) is 0 Å². The smallest absolute Gasteiger partial charge is 0.198 e. The molecule has 9 aromatic carbocycles. The largest absolute Gasteiger partial charge is 0.309 e. The molecule has 113 heavy (non-hydrogen) atoms. The molecule has 0 N–H and O–H groups in total. The summed E-state index contributed by atoms with van der Waals surface area (Å²) >= 11 is 8.76. The zero-order chi connectivity index (χ0) is 76.0. The van der Waals surface area contributed by atoms with Crippen molar-refractivity contribution in [1.82, 2.24) is 74.3 Å². The molecule has 0 fully saturated rings. The van der Waals surface area contributed by atoms with Crippen LogP contribution in [0.5, 0.6) is 0 Å². The van der Waals surface area contributed by atoms with Gasteiger partial charge in [-0.25, -0.2) is 59.8 Å². The molecular formula is C93H63N15S5. The monoisotopic (exact) mass is 1550 g/mol. The second-order valence-electron chi connectivity index (χ2n) is 26.9. The molecule has 0 saturated carbocycles. The van der Waals surface area contributed by atoms with Crippen molar-refractivity contribution in [2.24, 2.45) is 0 Å². The van der Waals surface area contributed by atoms with Crippen molar-refractivity contribution in [1.29, 1.82) is 0 Å². The van der Waals surface area contributed by atoms with Crippen molar-refractivity contribution in [2.75, 3.05) is 0 Å². The third kappa shape index (κ3) is 13.5. The number of aryl methyl sites for hydroxylation is 5. The first-order valence-electron chi connectivity index (χ1n) is 36.6. The van der Waals surface area contributed by atoms with E-state index in [0.717, 1.165) is 115 Å². The van der Waals surface area contributed by atoms with Gasteiger partial charge in [-0.2, -0.15) is 0 Å². The maximum atomic E-state index is 5.02. The van der Waals surface area contributed by atoms with E-state index in [9.17, 15) is 0 Å². The van der Waals surface area contributed by atoms with Gasteiger partial charge in [0.05, 0.1) is 84.9 Å². The minimum Gasteiger partial charge on any atom is -0.309 e. The molecule has 23 aromatic rings. The Labute approximate surface area is 667 Å². The summed E-state index contributed by atoms with van der Waals surface area (Å²) in [4.78, 5) is 64.0. The Morgan fingerprint density at radius 2 is 0.681 bits per heavy atom. The maximum Gasteiger partial charge on any atom is 0.198 e. The highest BCUT2D eigenvalue weighted by Gasteiger charge is 2.20. The number of nitrogens with zero attached hydrogens (tertiary/aromatic N) is 15. The molecule has 14 heterocycles. The number of thiophene rings is 5. The number of hydrogen-bond donors (Lipinski definition) is 0. The average molecular weight is 1550 g/mol. The first-order valence-corrected chi connectivity index (χ1v) is 40.7.